The van der Waals surface area contributed by atoms with Gasteiger partial charge in [0, 0.05) is 19.6 Å². The molecule has 1 N–H and O–H groups in total. The van der Waals surface area contributed by atoms with Crippen LogP contribution in [0, 0.1) is 5.82 Å². The van der Waals surface area contributed by atoms with Gasteiger partial charge in [-0.25, -0.2) is 23.9 Å². The van der Waals surface area contributed by atoms with Crippen molar-refractivity contribution in [2.75, 3.05) is 29.4 Å². The third-order valence-electron chi connectivity index (χ3n) is 7.62. The van der Waals surface area contributed by atoms with Gasteiger partial charge in [0.05, 0.1) is 35.4 Å². The first-order valence-corrected chi connectivity index (χ1v) is 13.4. The number of aromatic nitrogens is 5. The van der Waals surface area contributed by atoms with Crippen molar-refractivity contribution in [3.8, 4) is 22.8 Å². The van der Waals surface area contributed by atoms with E-state index in [1.165, 1.54) is 6.07 Å². The second-order valence-electron chi connectivity index (χ2n) is 10.2. The van der Waals surface area contributed by atoms with E-state index in [1.807, 2.05) is 59.1 Å². The van der Waals surface area contributed by atoms with Crippen LogP contribution in [0.2, 0.25) is 0 Å². The van der Waals surface area contributed by atoms with Gasteiger partial charge in [0.2, 0.25) is 0 Å². The van der Waals surface area contributed by atoms with Crippen LogP contribution in [0.15, 0.2) is 79.0 Å². The summed E-state index contributed by atoms with van der Waals surface area (Å²) in [7, 11) is 0. The van der Waals surface area contributed by atoms with E-state index in [4.69, 9.17) is 15.1 Å². The zero-order valence-electron chi connectivity index (χ0n) is 21.4. The van der Waals surface area contributed by atoms with Crippen LogP contribution in [-0.2, 0) is 0 Å². The monoisotopic (exact) mass is 521 g/mol. The number of pyridine rings is 2. The van der Waals surface area contributed by atoms with Crippen molar-refractivity contribution in [1.82, 2.24) is 24.6 Å². The Morgan fingerprint density at radius 1 is 0.821 bits per heavy atom. The molecule has 0 bridgehead atoms. The van der Waals surface area contributed by atoms with Crippen LogP contribution in [-0.4, -0.2) is 55.4 Å². The second kappa shape index (κ2) is 9.74. The van der Waals surface area contributed by atoms with Gasteiger partial charge in [-0.15, -0.1) is 5.10 Å². The Labute approximate surface area is 225 Å². The van der Waals surface area contributed by atoms with E-state index < -0.39 is 0 Å². The number of benzene rings is 1. The first kappa shape index (κ1) is 23.7. The third kappa shape index (κ3) is 4.48. The minimum Gasteiger partial charge on any atom is -0.391 e. The molecule has 0 unspecified atom stereocenters. The Bertz CT molecular complexity index is 1650. The average molecular weight is 522 g/mol. The number of rotatable bonds is 5. The molecule has 4 aromatic heterocycles. The molecular formula is C30H28FN7O. The Balaban J connectivity index is 1.22. The number of β-amino-alcohol motifs (C(OH)–C–C–N with tert-alkyl or cyclic N) is 1. The van der Waals surface area contributed by atoms with E-state index in [2.05, 4.69) is 14.8 Å². The first-order valence-electron chi connectivity index (χ1n) is 13.4. The highest BCUT2D eigenvalue weighted by atomic mass is 19.1. The van der Waals surface area contributed by atoms with Crippen LogP contribution < -0.4 is 9.80 Å². The van der Waals surface area contributed by atoms with E-state index in [1.54, 1.807) is 18.3 Å². The number of imidazole rings is 1. The molecule has 0 aliphatic carbocycles. The molecule has 6 heterocycles. The standard InChI is InChI=1S/C30H28FN7O/c31-21-6-1-5-20(17-21)26-10-4-15-37(26)30-13-12-28-32-18-27(38(28)35-30)25-9-2-7-23(33-25)24-8-3-11-29(34-24)36-16-14-22(39)19-36/h1-3,5-9,11-13,17-18,22,26,39H,4,10,14-16,19H2/t22-,26-/m1/s1. The van der Waals surface area contributed by atoms with Crippen LogP contribution >= 0.6 is 0 Å². The highest BCUT2D eigenvalue weighted by molar-refractivity contribution is 5.65. The van der Waals surface area contributed by atoms with Crippen molar-refractivity contribution in [3.63, 3.8) is 0 Å². The van der Waals surface area contributed by atoms with E-state index in [9.17, 15) is 9.50 Å². The Kier molecular flexibility index (Phi) is 5.93. The maximum atomic E-state index is 14.0. The number of halogens is 1. The van der Waals surface area contributed by atoms with Crippen LogP contribution in [0.1, 0.15) is 30.9 Å². The normalized spacial score (nSPS) is 19.3. The van der Waals surface area contributed by atoms with E-state index in [0.29, 0.717) is 6.54 Å². The summed E-state index contributed by atoms with van der Waals surface area (Å²) in [5, 5.41) is 14.9. The molecule has 9 heteroatoms. The first-order chi connectivity index (χ1) is 19.1. The van der Waals surface area contributed by atoms with Gasteiger partial charge >= 0.3 is 0 Å². The second-order valence-corrected chi connectivity index (χ2v) is 10.2. The molecule has 2 aliphatic rings. The fourth-order valence-corrected chi connectivity index (χ4v) is 5.70. The lowest BCUT2D eigenvalue weighted by atomic mass is 10.0. The summed E-state index contributed by atoms with van der Waals surface area (Å²) < 4.78 is 15.8. The van der Waals surface area contributed by atoms with Crippen molar-refractivity contribution < 1.29 is 9.50 Å². The summed E-state index contributed by atoms with van der Waals surface area (Å²) in [4.78, 5) is 18.7. The molecule has 39 heavy (non-hydrogen) atoms. The summed E-state index contributed by atoms with van der Waals surface area (Å²) in [5.74, 6) is 1.45. The molecule has 2 atom stereocenters. The Hall–Kier alpha value is -4.37. The number of hydrogen-bond donors (Lipinski definition) is 1. The largest absolute Gasteiger partial charge is 0.391 e. The van der Waals surface area contributed by atoms with E-state index in [0.717, 1.165) is 78.0 Å². The van der Waals surface area contributed by atoms with E-state index in [-0.39, 0.29) is 18.0 Å². The summed E-state index contributed by atoms with van der Waals surface area (Å²) in [6.07, 6.45) is 4.20. The lowest BCUT2D eigenvalue weighted by Gasteiger charge is -2.26. The molecule has 0 spiro atoms. The SMILES string of the molecule is O[C@@H]1CCN(c2cccc(-c3cccc(-c4cnc5ccc(N6CCC[C@@H]6c6cccc(F)c6)nn45)n3)n2)C1. The number of hydrogen-bond acceptors (Lipinski definition) is 7. The number of aliphatic hydroxyl groups excluding tert-OH is 1. The number of anilines is 2. The number of aliphatic hydroxyl groups is 1. The summed E-state index contributed by atoms with van der Waals surface area (Å²) in [6, 6.07) is 22.6. The van der Waals surface area contributed by atoms with Crippen molar-refractivity contribution in [3.05, 3.63) is 90.4 Å². The van der Waals surface area contributed by atoms with Gasteiger partial charge in [-0.1, -0.05) is 24.3 Å². The zero-order valence-corrected chi connectivity index (χ0v) is 21.4. The summed E-state index contributed by atoms with van der Waals surface area (Å²) in [5.41, 5.74) is 4.76. The lowest BCUT2D eigenvalue weighted by Crippen LogP contribution is -2.24. The van der Waals surface area contributed by atoms with Gasteiger partial charge in [0.25, 0.3) is 0 Å². The Morgan fingerprint density at radius 3 is 2.49 bits per heavy atom. The van der Waals surface area contributed by atoms with Crippen LogP contribution in [0.3, 0.4) is 0 Å². The molecule has 5 aromatic rings. The minimum absolute atomic E-state index is 0.0779. The highest BCUT2D eigenvalue weighted by Gasteiger charge is 2.28. The van der Waals surface area contributed by atoms with Gasteiger partial charge in [-0.05, 0) is 73.4 Å². The average Bonchev–Trinajstić information content (AvgIpc) is 3.72. The van der Waals surface area contributed by atoms with Crippen molar-refractivity contribution >= 4 is 17.3 Å². The van der Waals surface area contributed by atoms with Gasteiger partial charge in [0.15, 0.2) is 5.65 Å². The fourth-order valence-electron chi connectivity index (χ4n) is 5.70. The van der Waals surface area contributed by atoms with Gasteiger partial charge in [0.1, 0.15) is 23.1 Å². The smallest absolute Gasteiger partial charge is 0.154 e. The van der Waals surface area contributed by atoms with Gasteiger partial charge < -0.3 is 14.9 Å². The molecule has 2 fully saturated rings. The van der Waals surface area contributed by atoms with Crippen LogP contribution in [0.4, 0.5) is 16.0 Å². The number of nitrogens with zero attached hydrogens (tertiary/aromatic N) is 7. The molecule has 196 valence electrons. The molecule has 0 amide bonds. The maximum Gasteiger partial charge on any atom is 0.154 e. The quantitative estimate of drug-likeness (QED) is 0.352. The molecule has 7 rings (SSSR count). The van der Waals surface area contributed by atoms with Crippen LogP contribution in [0.25, 0.3) is 28.4 Å². The van der Waals surface area contributed by atoms with Gasteiger partial charge in [-0.2, -0.15) is 0 Å². The summed E-state index contributed by atoms with van der Waals surface area (Å²) in [6.45, 7) is 2.24. The van der Waals surface area contributed by atoms with E-state index >= 15 is 0 Å². The Morgan fingerprint density at radius 2 is 1.64 bits per heavy atom. The highest BCUT2D eigenvalue weighted by Crippen LogP contribution is 2.36. The van der Waals surface area contributed by atoms with Crippen molar-refractivity contribution in [1.29, 1.82) is 0 Å². The molecule has 2 aliphatic heterocycles. The predicted molar refractivity (Wildman–Crippen MR) is 148 cm³/mol. The molecule has 0 radical (unpaired) electrons. The topological polar surface area (TPSA) is 82.7 Å². The minimum atomic E-state index is -0.311. The van der Waals surface area contributed by atoms with Crippen LogP contribution in [0.5, 0.6) is 0 Å². The maximum absolute atomic E-state index is 14.0. The predicted octanol–water partition coefficient (Wildman–Crippen LogP) is 4.90. The molecule has 0 saturated carbocycles. The van der Waals surface area contributed by atoms with Crippen molar-refractivity contribution in [2.45, 2.75) is 31.4 Å². The zero-order chi connectivity index (χ0) is 26.3. The molecule has 2 saturated heterocycles. The number of fused-ring (bicyclic) bond motifs is 1. The molecular weight excluding hydrogens is 493 g/mol. The summed E-state index contributed by atoms with van der Waals surface area (Å²) >= 11 is 0. The lowest BCUT2D eigenvalue weighted by molar-refractivity contribution is 0.198. The fraction of sp³-hybridized carbons (Fsp3) is 0.267. The van der Waals surface area contributed by atoms with Crippen molar-refractivity contribution in [2.24, 2.45) is 0 Å². The third-order valence-corrected chi connectivity index (χ3v) is 7.62. The van der Waals surface area contributed by atoms with Gasteiger partial charge in [-0.3, -0.25) is 0 Å². The molecule has 8 nitrogen and oxygen atoms in total. The molecule has 1 aromatic carbocycles.